The van der Waals surface area contributed by atoms with Gasteiger partial charge in [0.25, 0.3) is 0 Å². The van der Waals surface area contributed by atoms with Crippen molar-refractivity contribution in [2.45, 2.75) is 58.3 Å². The summed E-state index contributed by atoms with van der Waals surface area (Å²) in [5.74, 6) is -0.187. The van der Waals surface area contributed by atoms with Crippen LogP contribution in [-0.2, 0) is 10.8 Å². The van der Waals surface area contributed by atoms with E-state index in [0.29, 0.717) is 0 Å². The summed E-state index contributed by atoms with van der Waals surface area (Å²) < 4.78 is 13.5. The van der Waals surface area contributed by atoms with Crippen LogP contribution in [0.3, 0.4) is 0 Å². The topological polar surface area (TPSA) is 0 Å². The molecule has 0 N–H and O–H groups in total. The van der Waals surface area contributed by atoms with Crippen LogP contribution >= 0.6 is 0 Å². The van der Waals surface area contributed by atoms with Gasteiger partial charge in [0, 0.05) is 0 Å². The number of allylic oxidation sites excluding steroid dienone is 1. The molecule has 0 fully saturated rings. The van der Waals surface area contributed by atoms with Crippen molar-refractivity contribution in [3.63, 3.8) is 0 Å². The highest BCUT2D eigenvalue weighted by Gasteiger charge is 2.36. The standard InChI is InChI=1S/C23H27F/c1-16(18-7-6-8-19(24)15-18)13-17-9-10-20-21(14-17)23(4,5)12-11-22(20,2)3/h6-10,13-15H,11-12H2,1-5H3/b16-13+. The van der Waals surface area contributed by atoms with Gasteiger partial charge in [-0.05, 0) is 70.6 Å². The summed E-state index contributed by atoms with van der Waals surface area (Å²) in [5.41, 5.74) is 6.60. The third-order valence-electron chi connectivity index (χ3n) is 5.54. The molecule has 0 amide bonds. The molecule has 3 rings (SSSR count). The Bertz CT molecular complexity index is 793. The summed E-state index contributed by atoms with van der Waals surface area (Å²) >= 11 is 0. The molecule has 1 aliphatic carbocycles. The van der Waals surface area contributed by atoms with Crippen molar-refractivity contribution in [2.24, 2.45) is 0 Å². The minimum Gasteiger partial charge on any atom is -0.207 e. The molecule has 0 saturated heterocycles. The molecule has 0 radical (unpaired) electrons. The quantitative estimate of drug-likeness (QED) is 0.537. The van der Waals surface area contributed by atoms with Crippen molar-refractivity contribution in [3.05, 3.63) is 70.5 Å². The fourth-order valence-corrected chi connectivity index (χ4v) is 3.76. The maximum absolute atomic E-state index is 13.5. The van der Waals surface area contributed by atoms with Crippen LogP contribution in [0.25, 0.3) is 11.6 Å². The first-order valence-electron chi connectivity index (χ1n) is 8.78. The molecule has 1 heteroatoms. The Kier molecular flexibility index (Phi) is 4.15. The predicted molar refractivity (Wildman–Crippen MR) is 102 cm³/mol. The zero-order valence-corrected chi connectivity index (χ0v) is 15.4. The van der Waals surface area contributed by atoms with E-state index in [4.69, 9.17) is 0 Å². The summed E-state index contributed by atoms with van der Waals surface area (Å²) in [4.78, 5) is 0. The molecule has 0 spiro atoms. The fraction of sp³-hybridized carbons (Fsp3) is 0.391. The number of hydrogen-bond donors (Lipinski definition) is 0. The number of halogens is 1. The fourth-order valence-electron chi connectivity index (χ4n) is 3.76. The minimum absolute atomic E-state index is 0.187. The van der Waals surface area contributed by atoms with Crippen LogP contribution in [-0.4, -0.2) is 0 Å². The zero-order valence-electron chi connectivity index (χ0n) is 15.4. The first-order valence-corrected chi connectivity index (χ1v) is 8.78. The van der Waals surface area contributed by atoms with Crippen molar-refractivity contribution in [1.82, 2.24) is 0 Å². The second-order valence-electron chi connectivity index (χ2n) is 8.41. The van der Waals surface area contributed by atoms with Crippen molar-refractivity contribution in [3.8, 4) is 0 Å². The molecular weight excluding hydrogens is 295 g/mol. The van der Waals surface area contributed by atoms with Crippen molar-refractivity contribution in [2.75, 3.05) is 0 Å². The van der Waals surface area contributed by atoms with Crippen LogP contribution in [0, 0.1) is 5.82 Å². The Morgan fingerprint density at radius 3 is 2.25 bits per heavy atom. The Labute approximate surface area is 145 Å². The molecule has 0 aromatic heterocycles. The van der Waals surface area contributed by atoms with Crippen LogP contribution in [0.5, 0.6) is 0 Å². The molecule has 0 bridgehead atoms. The van der Waals surface area contributed by atoms with Crippen LogP contribution < -0.4 is 0 Å². The molecule has 126 valence electrons. The van der Waals surface area contributed by atoms with E-state index in [-0.39, 0.29) is 16.6 Å². The van der Waals surface area contributed by atoms with E-state index >= 15 is 0 Å². The lowest BCUT2D eigenvalue weighted by molar-refractivity contribution is 0.332. The molecule has 0 atom stereocenters. The highest BCUT2D eigenvalue weighted by molar-refractivity contribution is 5.80. The van der Waals surface area contributed by atoms with Crippen LogP contribution in [0.15, 0.2) is 42.5 Å². The second kappa shape index (κ2) is 5.88. The molecular formula is C23H27F. The van der Waals surface area contributed by atoms with Gasteiger partial charge in [-0.3, -0.25) is 0 Å². The van der Waals surface area contributed by atoms with Gasteiger partial charge in [-0.2, -0.15) is 0 Å². The highest BCUT2D eigenvalue weighted by Crippen LogP contribution is 2.46. The maximum atomic E-state index is 13.5. The molecule has 0 saturated carbocycles. The van der Waals surface area contributed by atoms with Gasteiger partial charge >= 0.3 is 0 Å². The van der Waals surface area contributed by atoms with E-state index in [1.54, 1.807) is 12.1 Å². The van der Waals surface area contributed by atoms with Crippen LogP contribution in [0.1, 0.15) is 69.7 Å². The Morgan fingerprint density at radius 1 is 0.917 bits per heavy atom. The number of benzene rings is 2. The molecule has 2 aromatic carbocycles. The van der Waals surface area contributed by atoms with Gasteiger partial charge in [-0.25, -0.2) is 4.39 Å². The van der Waals surface area contributed by atoms with Gasteiger partial charge in [0.2, 0.25) is 0 Å². The van der Waals surface area contributed by atoms with Gasteiger partial charge < -0.3 is 0 Å². The van der Waals surface area contributed by atoms with Crippen molar-refractivity contribution >= 4 is 11.6 Å². The molecule has 0 aliphatic heterocycles. The summed E-state index contributed by atoms with van der Waals surface area (Å²) in [6.07, 6.45) is 4.60. The number of rotatable bonds is 2. The summed E-state index contributed by atoms with van der Waals surface area (Å²) in [6, 6.07) is 13.6. The van der Waals surface area contributed by atoms with E-state index in [0.717, 1.165) is 11.1 Å². The average Bonchev–Trinajstić information content (AvgIpc) is 2.52. The minimum atomic E-state index is -0.187. The van der Waals surface area contributed by atoms with Crippen LogP contribution in [0.2, 0.25) is 0 Å². The lowest BCUT2D eigenvalue weighted by atomic mass is 9.63. The molecule has 0 heterocycles. The Morgan fingerprint density at radius 2 is 1.58 bits per heavy atom. The first kappa shape index (κ1) is 17.0. The number of fused-ring (bicyclic) bond motifs is 1. The van der Waals surface area contributed by atoms with Gasteiger partial charge in [-0.15, -0.1) is 0 Å². The predicted octanol–water partition coefficient (Wildman–Crippen LogP) is 6.74. The Balaban J connectivity index is 2.04. The lowest BCUT2D eigenvalue weighted by Gasteiger charge is -2.42. The van der Waals surface area contributed by atoms with Crippen molar-refractivity contribution in [1.29, 1.82) is 0 Å². The number of hydrogen-bond acceptors (Lipinski definition) is 0. The van der Waals surface area contributed by atoms with E-state index in [9.17, 15) is 4.39 Å². The molecule has 0 unspecified atom stereocenters. The SMILES string of the molecule is C/C(=C\c1ccc2c(c1)C(C)(C)CCC2(C)C)c1cccc(F)c1. The molecule has 2 aromatic rings. The highest BCUT2D eigenvalue weighted by atomic mass is 19.1. The average molecular weight is 322 g/mol. The normalized spacial score (nSPS) is 19.0. The smallest absolute Gasteiger partial charge is 0.123 e. The Hall–Kier alpha value is -1.89. The summed E-state index contributed by atoms with van der Waals surface area (Å²) in [7, 11) is 0. The molecule has 24 heavy (non-hydrogen) atoms. The molecule has 0 nitrogen and oxygen atoms in total. The second-order valence-corrected chi connectivity index (χ2v) is 8.41. The van der Waals surface area contributed by atoms with E-state index < -0.39 is 0 Å². The lowest BCUT2D eigenvalue weighted by Crippen LogP contribution is -2.33. The van der Waals surface area contributed by atoms with E-state index in [2.05, 4.69) is 52.0 Å². The van der Waals surface area contributed by atoms with E-state index in [1.165, 1.54) is 35.6 Å². The third kappa shape index (κ3) is 3.17. The maximum Gasteiger partial charge on any atom is 0.123 e. The third-order valence-corrected chi connectivity index (χ3v) is 5.54. The molecule has 1 aliphatic rings. The largest absolute Gasteiger partial charge is 0.207 e. The monoisotopic (exact) mass is 322 g/mol. The zero-order chi connectivity index (χ0) is 17.5. The van der Waals surface area contributed by atoms with Gasteiger partial charge in [0.1, 0.15) is 5.82 Å². The van der Waals surface area contributed by atoms with Crippen molar-refractivity contribution < 1.29 is 4.39 Å². The van der Waals surface area contributed by atoms with Crippen LogP contribution in [0.4, 0.5) is 4.39 Å². The van der Waals surface area contributed by atoms with Gasteiger partial charge in [-0.1, -0.05) is 64.1 Å². The van der Waals surface area contributed by atoms with Gasteiger partial charge in [0.15, 0.2) is 0 Å². The summed E-state index contributed by atoms with van der Waals surface area (Å²) in [6.45, 7) is 11.4. The summed E-state index contributed by atoms with van der Waals surface area (Å²) in [5, 5.41) is 0. The first-order chi connectivity index (χ1) is 11.2. The van der Waals surface area contributed by atoms with Gasteiger partial charge in [0.05, 0.1) is 0 Å². The van der Waals surface area contributed by atoms with E-state index in [1.807, 2.05) is 13.0 Å².